The molecule has 1 amide bonds. The summed E-state index contributed by atoms with van der Waals surface area (Å²) in [5.74, 6) is 0.582. The number of carbonyl (C=O) groups excluding carboxylic acids is 1. The summed E-state index contributed by atoms with van der Waals surface area (Å²) in [5, 5.41) is 2.92. The molecule has 1 unspecified atom stereocenters. The van der Waals surface area contributed by atoms with Gasteiger partial charge in [-0.15, -0.1) is 0 Å². The smallest absolute Gasteiger partial charge is 0.414 e. The zero-order chi connectivity index (χ0) is 17.1. The number of nitrogens with one attached hydrogen (secondary N) is 1. The first-order valence-corrected chi connectivity index (χ1v) is 9.20. The van der Waals surface area contributed by atoms with Crippen molar-refractivity contribution in [3.63, 3.8) is 0 Å². The molecule has 8 heteroatoms. The van der Waals surface area contributed by atoms with Crippen LogP contribution in [0.4, 0.5) is 25.0 Å². The van der Waals surface area contributed by atoms with Gasteiger partial charge in [0.25, 0.3) is 0 Å². The number of nitrogens with zero attached hydrogens (tertiary/aromatic N) is 2. The Kier molecular flexibility index (Phi) is 5.45. The van der Waals surface area contributed by atoms with Gasteiger partial charge in [0.15, 0.2) is 11.6 Å². The number of thioether (sulfide) groups is 1. The minimum absolute atomic E-state index is 0.000546. The van der Waals surface area contributed by atoms with Gasteiger partial charge in [-0.2, -0.15) is 11.8 Å². The number of halogens is 2. The minimum Gasteiger partial charge on any atom is -0.443 e. The van der Waals surface area contributed by atoms with E-state index in [0.29, 0.717) is 19.6 Å². The molecule has 2 heterocycles. The predicted molar refractivity (Wildman–Crippen MR) is 92.1 cm³/mol. The Morgan fingerprint density at radius 2 is 2.04 bits per heavy atom. The van der Waals surface area contributed by atoms with E-state index in [2.05, 4.69) is 5.32 Å². The van der Waals surface area contributed by atoms with Crippen LogP contribution in [0.2, 0.25) is 0 Å². The number of likely N-dealkylation sites (N-methyl/N-ethyl adjacent to an activating group) is 1. The molecule has 1 atom stereocenters. The number of anilines is 2. The summed E-state index contributed by atoms with van der Waals surface area (Å²) < 4.78 is 34.3. The molecule has 0 aromatic heterocycles. The van der Waals surface area contributed by atoms with E-state index in [1.54, 1.807) is 23.7 Å². The number of benzene rings is 1. The maximum atomic E-state index is 14.6. The van der Waals surface area contributed by atoms with Crippen molar-refractivity contribution in [1.82, 2.24) is 5.32 Å². The summed E-state index contributed by atoms with van der Waals surface area (Å²) in [6.45, 7) is 2.03. The zero-order valence-corrected chi connectivity index (χ0v) is 14.4. The summed E-state index contributed by atoms with van der Waals surface area (Å²) in [6, 6.07) is 2.44. The van der Waals surface area contributed by atoms with E-state index in [4.69, 9.17) is 4.74 Å². The highest BCUT2D eigenvalue weighted by Crippen LogP contribution is 2.31. The van der Waals surface area contributed by atoms with Crippen LogP contribution in [0.5, 0.6) is 0 Å². The summed E-state index contributed by atoms with van der Waals surface area (Å²) >= 11 is 1.79. The van der Waals surface area contributed by atoms with E-state index < -0.39 is 17.7 Å². The fourth-order valence-corrected chi connectivity index (χ4v) is 3.93. The quantitative estimate of drug-likeness (QED) is 0.897. The van der Waals surface area contributed by atoms with Crippen molar-refractivity contribution < 1.29 is 18.3 Å². The second-order valence-corrected chi connectivity index (χ2v) is 7.11. The molecule has 5 nitrogen and oxygen atoms in total. The van der Waals surface area contributed by atoms with Gasteiger partial charge in [-0.3, -0.25) is 4.90 Å². The van der Waals surface area contributed by atoms with Crippen molar-refractivity contribution >= 4 is 29.2 Å². The van der Waals surface area contributed by atoms with Crippen LogP contribution in [0.25, 0.3) is 0 Å². The van der Waals surface area contributed by atoms with Crippen molar-refractivity contribution in [2.45, 2.75) is 12.5 Å². The summed E-state index contributed by atoms with van der Waals surface area (Å²) in [7, 11) is 1.75. The van der Waals surface area contributed by atoms with Gasteiger partial charge in [-0.25, -0.2) is 13.6 Å². The number of hydrogen-bond donors (Lipinski definition) is 1. The SMILES string of the molecule is CNCC1CN(c2cc(F)c(N3CCCSCC3)c(F)c2)C(=O)O1. The summed E-state index contributed by atoms with van der Waals surface area (Å²) in [6.07, 6.45) is -0.000903. The molecule has 2 fully saturated rings. The van der Waals surface area contributed by atoms with Crippen molar-refractivity contribution in [2.24, 2.45) is 0 Å². The van der Waals surface area contributed by atoms with Gasteiger partial charge < -0.3 is 15.0 Å². The lowest BCUT2D eigenvalue weighted by atomic mass is 10.2. The zero-order valence-electron chi connectivity index (χ0n) is 13.6. The third-order valence-electron chi connectivity index (χ3n) is 4.16. The van der Waals surface area contributed by atoms with Gasteiger partial charge in [-0.05, 0) is 19.2 Å². The van der Waals surface area contributed by atoms with Gasteiger partial charge in [-0.1, -0.05) is 0 Å². The van der Waals surface area contributed by atoms with Crippen molar-refractivity contribution in [3.05, 3.63) is 23.8 Å². The number of amides is 1. The second-order valence-electron chi connectivity index (χ2n) is 5.89. The molecule has 3 rings (SSSR count). The highest BCUT2D eigenvalue weighted by molar-refractivity contribution is 7.99. The first-order valence-electron chi connectivity index (χ1n) is 8.04. The lowest BCUT2D eigenvalue weighted by Gasteiger charge is -2.24. The van der Waals surface area contributed by atoms with Gasteiger partial charge in [0.1, 0.15) is 11.8 Å². The number of carbonyl (C=O) groups is 1. The van der Waals surface area contributed by atoms with E-state index in [-0.39, 0.29) is 24.0 Å². The molecular weight excluding hydrogens is 336 g/mol. The highest BCUT2D eigenvalue weighted by atomic mass is 32.2. The van der Waals surface area contributed by atoms with Crippen LogP contribution in [0.15, 0.2) is 12.1 Å². The van der Waals surface area contributed by atoms with Gasteiger partial charge in [0.05, 0.1) is 12.2 Å². The van der Waals surface area contributed by atoms with Crippen LogP contribution in [-0.2, 0) is 4.74 Å². The molecule has 0 spiro atoms. The Morgan fingerprint density at radius 3 is 2.75 bits per heavy atom. The number of hydrogen-bond acceptors (Lipinski definition) is 5. The van der Waals surface area contributed by atoms with E-state index in [0.717, 1.165) is 17.9 Å². The Balaban J connectivity index is 1.83. The number of ether oxygens (including phenoxy) is 1. The van der Waals surface area contributed by atoms with Crippen molar-refractivity contribution in [1.29, 1.82) is 0 Å². The Hall–Kier alpha value is -1.54. The standard InChI is InChI=1S/C16H21F2N3O2S/c1-19-9-12-10-21(16(22)23-12)11-7-13(17)15(14(18)8-11)20-3-2-5-24-6-4-20/h7-8,12,19H,2-6,9-10H2,1H3. The second kappa shape index (κ2) is 7.57. The molecule has 2 saturated heterocycles. The highest BCUT2D eigenvalue weighted by Gasteiger charge is 2.33. The largest absolute Gasteiger partial charge is 0.443 e. The molecule has 24 heavy (non-hydrogen) atoms. The van der Waals surface area contributed by atoms with Crippen LogP contribution in [0.3, 0.4) is 0 Å². The van der Waals surface area contributed by atoms with Gasteiger partial charge in [0.2, 0.25) is 0 Å². The Bertz CT molecular complexity index is 586. The molecule has 0 aliphatic carbocycles. The van der Waals surface area contributed by atoms with Crippen LogP contribution >= 0.6 is 11.8 Å². The molecule has 0 saturated carbocycles. The first kappa shape index (κ1) is 17.3. The monoisotopic (exact) mass is 357 g/mol. The predicted octanol–water partition coefficient (Wildman–Crippen LogP) is 2.45. The van der Waals surface area contributed by atoms with Crippen molar-refractivity contribution in [3.8, 4) is 0 Å². The van der Waals surface area contributed by atoms with Gasteiger partial charge >= 0.3 is 6.09 Å². The third kappa shape index (κ3) is 3.59. The van der Waals surface area contributed by atoms with Crippen LogP contribution in [0, 0.1) is 11.6 Å². The normalized spacial score (nSPS) is 21.8. The molecule has 2 aliphatic rings. The Labute approximate surface area is 144 Å². The maximum absolute atomic E-state index is 14.6. The number of rotatable bonds is 4. The Morgan fingerprint density at radius 1 is 1.29 bits per heavy atom. The fraction of sp³-hybridized carbons (Fsp3) is 0.562. The van der Waals surface area contributed by atoms with E-state index in [9.17, 15) is 13.6 Å². The molecule has 1 aromatic rings. The molecular formula is C16H21F2N3O2S. The minimum atomic E-state index is -0.637. The maximum Gasteiger partial charge on any atom is 0.414 e. The number of cyclic esters (lactones) is 1. The van der Waals surface area contributed by atoms with Crippen LogP contribution < -0.4 is 15.1 Å². The van der Waals surface area contributed by atoms with Crippen LogP contribution in [0.1, 0.15) is 6.42 Å². The fourth-order valence-electron chi connectivity index (χ4n) is 3.05. The van der Waals surface area contributed by atoms with E-state index in [1.807, 2.05) is 0 Å². The molecule has 0 bridgehead atoms. The van der Waals surface area contributed by atoms with E-state index >= 15 is 0 Å². The third-order valence-corrected chi connectivity index (χ3v) is 5.21. The molecule has 132 valence electrons. The topological polar surface area (TPSA) is 44.8 Å². The average Bonchev–Trinajstić information content (AvgIpc) is 2.73. The average molecular weight is 357 g/mol. The lowest BCUT2D eigenvalue weighted by Crippen LogP contribution is -2.30. The van der Waals surface area contributed by atoms with Crippen LogP contribution in [-0.4, -0.2) is 56.9 Å². The lowest BCUT2D eigenvalue weighted by molar-refractivity contribution is 0.141. The van der Waals surface area contributed by atoms with Crippen molar-refractivity contribution in [2.75, 3.05) is 54.5 Å². The van der Waals surface area contributed by atoms with E-state index in [1.165, 1.54) is 17.0 Å². The molecule has 1 aromatic carbocycles. The summed E-state index contributed by atoms with van der Waals surface area (Å²) in [4.78, 5) is 15.0. The molecule has 0 radical (unpaired) electrons. The molecule has 2 aliphatic heterocycles. The first-order chi connectivity index (χ1) is 11.6. The summed E-state index contributed by atoms with van der Waals surface area (Å²) in [5.41, 5.74) is 0.196. The molecule has 1 N–H and O–H groups in total. The van der Waals surface area contributed by atoms with Gasteiger partial charge in [0, 0.05) is 37.5 Å².